The molecule has 3 fully saturated rings. The summed E-state index contributed by atoms with van der Waals surface area (Å²) in [6.07, 6.45) is 2.58. The number of carbonyl (C=O) groups is 1. The van der Waals surface area contributed by atoms with Gasteiger partial charge >= 0.3 is 0 Å². The number of ether oxygens (including phenoxy) is 1. The van der Waals surface area contributed by atoms with Crippen LogP contribution in [-0.4, -0.2) is 90.3 Å². The van der Waals surface area contributed by atoms with Crippen LogP contribution in [0.2, 0.25) is 0 Å². The molecule has 6 nitrogen and oxygen atoms in total. The van der Waals surface area contributed by atoms with Crippen LogP contribution in [0.5, 0.6) is 0 Å². The van der Waals surface area contributed by atoms with E-state index in [0.717, 1.165) is 57.4 Å². The third kappa shape index (κ3) is 4.26. The Morgan fingerprint density at radius 2 is 1.81 bits per heavy atom. The van der Waals surface area contributed by atoms with E-state index in [4.69, 9.17) is 4.74 Å². The van der Waals surface area contributed by atoms with Crippen LogP contribution in [-0.2, 0) is 11.3 Å². The van der Waals surface area contributed by atoms with Crippen molar-refractivity contribution < 1.29 is 14.6 Å². The van der Waals surface area contributed by atoms with Gasteiger partial charge in [-0.3, -0.25) is 14.6 Å². The lowest BCUT2D eigenvalue weighted by atomic mass is 10.1. The highest BCUT2D eigenvalue weighted by Gasteiger charge is 2.32. The second-order valence-corrected chi connectivity index (χ2v) is 7.67. The third-order valence-electron chi connectivity index (χ3n) is 5.70. The monoisotopic (exact) mass is 359 g/mol. The van der Waals surface area contributed by atoms with Crippen molar-refractivity contribution in [1.82, 2.24) is 14.7 Å². The maximum absolute atomic E-state index is 12.7. The molecule has 0 aromatic heterocycles. The Labute approximate surface area is 155 Å². The number of amides is 1. The molecule has 1 aromatic carbocycles. The number of nitrogens with zero attached hydrogens (tertiary/aromatic N) is 3. The molecule has 6 heteroatoms. The minimum atomic E-state index is -0.0843. The molecule has 1 amide bonds. The lowest BCUT2D eigenvalue weighted by Crippen LogP contribution is -2.49. The Balaban J connectivity index is 1.30. The van der Waals surface area contributed by atoms with E-state index in [9.17, 15) is 9.90 Å². The number of hydrogen-bond donors (Lipinski definition) is 1. The zero-order valence-corrected chi connectivity index (χ0v) is 15.3. The van der Waals surface area contributed by atoms with Crippen LogP contribution >= 0.6 is 0 Å². The van der Waals surface area contributed by atoms with Crippen molar-refractivity contribution in [2.24, 2.45) is 0 Å². The number of piperazine rings is 1. The summed E-state index contributed by atoms with van der Waals surface area (Å²) in [5, 5.41) is 9.25. The molecule has 2 aliphatic heterocycles. The van der Waals surface area contributed by atoms with Crippen LogP contribution in [0, 0.1) is 0 Å². The van der Waals surface area contributed by atoms with E-state index in [1.165, 1.54) is 18.4 Å². The molecule has 1 saturated carbocycles. The summed E-state index contributed by atoms with van der Waals surface area (Å²) in [6, 6.07) is 8.80. The fourth-order valence-corrected chi connectivity index (χ4v) is 3.96. The second-order valence-electron chi connectivity index (χ2n) is 7.67. The fourth-order valence-electron chi connectivity index (χ4n) is 3.96. The molecule has 0 radical (unpaired) electrons. The van der Waals surface area contributed by atoms with Gasteiger partial charge in [-0.1, -0.05) is 12.1 Å². The Morgan fingerprint density at radius 3 is 2.46 bits per heavy atom. The van der Waals surface area contributed by atoms with Crippen molar-refractivity contribution >= 4 is 5.91 Å². The van der Waals surface area contributed by atoms with Crippen molar-refractivity contribution in [3.05, 3.63) is 35.4 Å². The summed E-state index contributed by atoms with van der Waals surface area (Å²) in [7, 11) is 0. The first-order chi connectivity index (χ1) is 12.7. The van der Waals surface area contributed by atoms with Crippen molar-refractivity contribution in [3.8, 4) is 0 Å². The molecule has 1 N–H and O–H groups in total. The predicted molar refractivity (Wildman–Crippen MR) is 99.0 cm³/mol. The quantitative estimate of drug-likeness (QED) is 0.843. The van der Waals surface area contributed by atoms with Gasteiger partial charge in [-0.2, -0.15) is 0 Å². The van der Waals surface area contributed by atoms with Gasteiger partial charge in [-0.25, -0.2) is 0 Å². The van der Waals surface area contributed by atoms with Crippen molar-refractivity contribution in [1.29, 1.82) is 0 Å². The summed E-state index contributed by atoms with van der Waals surface area (Å²) in [5.41, 5.74) is 1.97. The average Bonchev–Trinajstić information content (AvgIpc) is 3.54. The van der Waals surface area contributed by atoms with Gasteiger partial charge in [-0.05, 0) is 30.5 Å². The molecule has 2 heterocycles. The summed E-state index contributed by atoms with van der Waals surface area (Å²) in [4.78, 5) is 19.5. The van der Waals surface area contributed by atoms with Crippen LogP contribution in [0.1, 0.15) is 28.8 Å². The normalized spacial score (nSPS) is 25.4. The van der Waals surface area contributed by atoms with Crippen LogP contribution in [0.15, 0.2) is 24.3 Å². The molecule has 1 unspecified atom stereocenters. The van der Waals surface area contributed by atoms with E-state index in [0.29, 0.717) is 6.61 Å². The molecule has 3 aliphatic rings. The summed E-state index contributed by atoms with van der Waals surface area (Å²) in [6.45, 7) is 6.89. The molecule has 0 spiro atoms. The van der Waals surface area contributed by atoms with E-state index in [2.05, 4.69) is 21.9 Å². The maximum atomic E-state index is 12.7. The van der Waals surface area contributed by atoms with Crippen molar-refractivity contribution in [2.45, 2.75) is 31.5 Å². The topological polar surface area (TPSA) is 56.3 Å². The highest BCUT2D eigenvalue weighted by molar-refractivity contribution is 5.94. The molecule has 1 aromatic rings. The predicted octanol–water partition coefficient (Wildman–Crippen LogP) is 0.800. The highest BCUT2D eigenvalue weighted by atomic mass is 16.5. The van der Waals surface area contributed by atoms with Crippen LogP contribution in [0.25, 0.3) is 0 Å². The fraction of sp³-hybridized carbons (Fsp3) is 0.650. The number of rotatable bonds is 5. The van der Waals surface area contributed by atoms with E-state index < -0.39 is 0 Å². The van der Waals surface area contributed by atoms with E-state index in [1.54, 1.807) is 0 Å². The molecule has 26 heavy (non-hydrogen) atoms. The second kappa shape index (κ2) is 8.05. The SMILES string of the molecule is O=C(c1ccc(CN2CCOC(CO)C2)cc1)N1CCN(C2CC2)CC1. The van der Waals surface area contributed by atoms with Gasteiger partial charge in [-0.15, -0.1) is 0 Å². The number of carbonyl (C=O) groups excluding carboxylic acids is 1. The third-order valence-corrected chi connectivity index (χ3v) is 5.70. The van der Waals surface area contributed by atoms with Gasteiger partial charge in [0, 0.05) is 57.4 Å². The molecular weight excluding hydrogens is 330 g/mol. The lowest BCUT2D eigenvalue weighted by molar-refractivity contribution is -0.0551. The summed E-state index contributed by atoms with van der Waals surface area (Å²) >= 11 is 0. The first-order valence-electron chi connectivity index (χ1n) is 9.80. The summed E-state index contributed by atoms with van der Waals surface area (Å²) < 4.78 is 5.49. The van der Waals surface area contributed by atoms with E-state index in [1.807, 2.05) is 17.0 Å². The largest absolute Gasteiger partial charge is 0.394 e. The van der Waals surface area contributed by atoms with E-state index >= 15 is 0 Å². The number of benzene rings is 1. The summed E-state index contributed by atoms with van der Waals surface area (Å²) in [5.74, 6) is 0.152. The van der Waals surface area contributed by atoms with Gasteiger partial charge in [0.1, 0.15) is 0 Å². The van der Waals surface area contributed by atoms with Gasteiger partial charge in [0.25, 0.3) is 5.91 Å². The Morgan fingerprint density at radius 1 is 1.08 bits per heavy atom. The number of aliphatic hydroxyl groups is 1. The van der Waals surface area contributed by atoms with Gasteiger partial charge in [0.15, 0.2) is 0 Å². The maximum Gasteiger partial charge on any atom is 0.253 e. The minimum absolute atomic E-state index is 0.0674. The average molecular weight is 359 g/mol. The first-order valence-corrected chi connectivity index (χ1v) is 9.80. The lowest BCUT2D eigenvalue weighted by Gasteiger charge is -2.35. The molecule has 142 valence electrons. The Kier molecular flexibility index (Phi) is 5.55. The van der Waals surface area contributed by atoms with Crippen LogP contribution in [0.3, 0.4) is 0 Å². The standard InChI is InChI=1S/C20H29N3O3/c24-15-19-14-21(11-12-26-19)13-16-1-3-17(4-2-16)20(25)23-9-7-22(8-10-23)18-5-6-18/h1-4,18-19,24H,5-15H2. The molecule has 4 rings (SSSR count). The van der Waals surface area contributed by atoms with Crippen molar-refractivity contribution in [2.75, 3.05) is 52.5 Å². The number of hydrogen-bond acceptors (Lipinski definition) is 5. The molecule has 2 saturated heterocycles. The highest BCUT2D eigenvalue weighted by Crippen LogP contribution is 2.27. The first kappa shape index (κ1) is 17.9. The number of aliphatic hydroxyl groups excluding tert-OH is 1. The zero-order chi connectivity index (χ0) is 17.9. The van der Waals surface area contributed by atoms with Gasteiger partial charge in [0.05, 0.1) is 19.3 Å². The smallest absolute Gasteiger partial charge is 0.253 e. The molecule has 1 aliphatic carbocycles. The minimum Gasteiger partial charge on any atom is -0.394 e. The van der Waals surface area contributed by atoms with E-state index in [-0.39, 0.29) is 18.6 Å². The van der Waals surface area contributed by atoms with Gasteiger partial charge < -0.3 is 14.7 Å². The van der Waals surface area contributed by atoms with Crippen LogP contribution < -0.4 is 0 Å². The Hall–Kier alpha value is -1.47. The molecule has 1 atom stereocenters. The van der Waals surface area contributed by atoms with Crippen molar-refractivity contribution in [3.63, 3.8) is 0 Å². The zero-order valence-electron chi connectivity index (χ0n) is 15.3. The molecule has 0 bridgehead atoms. The molecular formula is C20H29N3O3. The Bertz CT molecular complexity index is 609. The number of morpholine rings is 1. The van der Waals surface area contributed by atoms with Crippen LogP contribution in [0.4, 0.5) is 0 Å². The van der Waals surface area contributed by atoms with Gasteiger partial charge in [0.2, 0.25) is 0 Å².